The second-order valence-corrected chi connectivity index (χ2v) is 6.69. The third-order valence-corrected chi connectivity index (χ3v) is 5.21. The number of benzene rings is 1. The van der Waals surface area contributed by atoms with Crippen molar-refractivity contribution >= 4 is 22.0 Å². The molecule has 0 unspecified atom stereocenters. The van der Waals surface area contributed by atoms with Gasteiger partial charge in [0.15, 0.2) is 5.65 Å². The lowest BCUT2D eigenvalue weighted by atomic mass is 9.89. The van der Waals surface area contributed by atoms with Gasteiger partial charge in [0.2, 0.25) is 0 Å². The fourth-order valence-corrected chi connectivity index (χ4v) is 3.68. The Kier molecular flexibility index (Phi) is 2.93. The third kappa shape index (κ3) is 2.01. The fraction of sp³-hybridized carbons (Fsp3) is 0.263. The fourth-order valence-electron chi connectivity index (χ4n) is 3.68. The molecule has 0 radical (unpaired) electrons. The topological polar surface area (TPSA) is 84.3 Å². The van der Waals surface area contributed by atoms with Crippen molar-refractivity contribution in [3.8, 4) is 17.0 Å². The van der Waals surface area contributed by atoms with Crippen LogP contribution in [0.1, 0.15) is 24.4 Å². The first-order chi connectivity index (χ1) is 12.1. The number of aliphatic hydroxyl groups excluding tert-OH is 1. The van der Waals surface area contributed by atoms with Crippen LogP contribution in [-0.4, -0.2) is 31.1 Å². The second kappa shape index (κ2) is 5.07. The highest BCUT2D eigenvalue weighted by Gasteiger charge is 2.31. The first-order valence-electron chi connectivity index (χ1n) is 8.36. The predicted molar refractivity (Wildman–Crippen MR) is 93.4 cm³/mol. The maximum atomic E-state index is 10.7. The number of aromatic nitrogens is 3. The van der Waals surface area contributed by atoms with Crippen LogP contribution in [0.3, 0.4) is 0 Å². The molecule has 1 fully saturated rings. The zero-order valence-corrected chi connectivity index (χ0v) is 13.7. The van der Waals surface area contributed by atoms with Crippen LogP contribution in [0.25, 0.3) is 33.3 Å². The number of nitrogens with zero attached hydrogens (tertiary/aromatic N) is 3. The largest absolute Gasteiger partial charge is 0.506 e. The van der Waals surface area contributed by atoms with E-state index in [1.165, 1.54) is 0 Å². The Labute approximate surface area is 143 Å². The molecule has 3 aromatic heterocycles. The minimum Gasteiger partial charge on any atom is -0.506 e. The van der Waals surface area contributed by atoms with E-state index in [1.807, 2.05) is 35.9 Å². The summed E-state index contributed by atoms with van der Waals surface area (Å²) in [6, 6.07) is 7.62. The molecule has 6 heteroatoms. The van der Waals surface area contributed by atoms with Crippen LogP contribution in [0, 0.1) is 6.92 Å². The highest BCUT2D eigenvalue weighted by Crippen LogP contribution is 2.39. The van der Waals surface area contributed by atoms with E-state index in [2.05, 4.69) is 10.2 Å². The highest BCUT2D eigenvalue weighted by molar-refractivity contribution is 5.94. The Morgan fingerprint density at radius 1 is 1.20 bits per heavy atom. The molecular formula is C19H17N3O3. The maximum absolute atomic E-state index is 10.7. The Morgan fingerprint density at radius 2 is 2.08 bits per heavy atom. The summed E-state index contributed by atoms with van der Waals surface area (Å²) >= 11 is 0. The average molecular weight is 335 g/mol. The number of fused-ring (bicyclic) bond motifs is 2. The van der Waals surface area contributed by atoms with Gasteiger partial charge in [-0.3, -0.25) is 0 Å². The molecule has 0 bridgehead atoms. The average Bonchev–Trinajstić information content (AvgIpc) is 3.21. The highest BCUT2D eigenvalue weighted by atomic mass is 16.3. The monoisotopic (exact) mass is 335 g/mol. The van der Waals surface area contributed by atoms with Gasteiger partial charge in [0.25, 0.3) is 0 Å². The van der Waals surface area contributed by atoms with Crippen LogP contribution in [0.5, 0.6) is 5.75 Å². The van der Waals surface area contributed by atoms with E-state index >= 15 is 0 Å². The molecule has 126 valence electrons. The Balaban J connectivity index is 1.67. The van der Waals surface area contributed by atoms with E-state index in [1.54, 1.807) is 12.3 Å². The SMILES string of the molecule is Cc1cc2occc2c(O)c1-c1cc2ccn([C@@H]3CC[C@H]3O)c2nn1. The normalized spacial score (nSPS) is 20.2. The van der Waals surface area contributed by atoms with Crippen molar-refractivity contribution in [1.29, 1.82) is 0 Å². The number of hydrogen-bond acceptors (Lipinski definition) is 5. The molecule has 0 saturated heterocycles. The summed E-state index contributed by atoms with van der Waals surface area (Å²) in [4.78, 5) is 0. The van der Waals surface area contributed by atoms with Gasteiger partial charge in [-0.2, -0.15) is 0 Å². The van der Waals surface area contributed by atoms with Crippen LogP contribution in [0.4, 0.5) is 0 Å². The minimum absolute atomic E-state index is 0.0788. The second-order valence-electron chi connectivity index (χ2n) is 6.69. The van der Waals surface area contributed by atoms with Crippen molar-refractivity contribution in [2.45, 2.75) is 31.9 Å². The van der Waals surface area contributed by atoms with Crippen molar-refractivity contribution in [3.05, 3.63) is 42.3 Å². The summed E-state index contributed by atoms with van der Waals surface area (Å²) in [5, 5.41) is 30.9. The zero-order chi connectivity index (χ0) is 17.1. The van der Waals surface area contributed by atoms with Gasteiger partial charge >= 0.3 is 0 Å². The molecular weight excluding hydrogens is 318 g/mol. The number of phenols is 1. The van der Waals surface area contributed by atoms with Gasteiger partial charge in [-0.15, -0.1) is 10.2 Å². The van der Waals surface area contributed by atoms with Gasteiger partial charge in [-0.05, 0) is 49.6 Å². The first kappa shape index (κ1) is 14.5. The molecule has 1 aliphatic rings. The third-order valence-electron chi connectivity index (χ3n) is 5.21. The van der Waals surface area contributed by atoms with E-state index in [-0.39, 0.29) is 17.9 Å². The van der Waals surface area contributed by atoms with Crippen LogP contribution in [-0.2, 0) is 0 Å². The van der Waals surface area contributed by atoms with Gasteiger partial charge < -0.3 is 19.2 Å². The smallest absolute Gasteiger partial charge is 0.162 e. The number of furan rings is 1. The maximum Gasteiger partial charge on any atom is 0.162 e. The molecule has 1 saturated carbocycles. The molecule has 4 aromatic rings. The molecule has 0 amide bonds. The number of aromatic hydroxyl groups is 1. The summed E-state index contributed by atoms with van der Waals surface area (Å²) in [7, 11) is 0. The number of rotatable bonds is 2. The lowest BCUT2D eigenvalue weighted by Crippen LogP contribution is -2.33. The van der Waals surface area contributed by atoms with Crippen molar-refractivity contribution in [3.63, 3.8) is 0 Å². The van der Waals surface area contributed by atoms with Gasteiger partial charge in [-0.1, -0.05) is 0 Å². The minimum atomic E-state index is -0.313. The predicted octanol–water partition coefficient (Wildman–Crippen LogP) is 3.55. The molecule has 2 atom stereocenters. The summed E-state index contributed by atoms with van der Waals surface area (Å²) in [5.41, 5.74) is 3.58. The molecule has 1 aliphatic carbocycles. The van der Waals surface area contributed by atoms with Crippen LogP contribution in [0.2, 0.25) is 0 Å². The first-order valence-corrected chi connectivity index (χ1v) is 8.36. The molecule has 5 rings (SSSR count). The van der Waals surface area contributed by atoms with E-state index in [4.69, 9.17) is 4.42 Å². The summed E-state index contributed by atoms with van der Waals surface area (Å²) in [6.45, 7) is 1.92. The van der Waals surface area contributed by atoms with E-state index in [9.17, 15) is 10.2 Å². The van der Waals surface area contributed by atoms with Gasteiger partial charge in [0, 0.05) is 17.1 Å². The van der Waals surface area contributed by atoms with Crippen LogP contribution >= 0.6 is 0 Å². The van der Waals surface area contributed by atoms with E-state index in [0.29, 0.717) is 22.2 Å². The van der Waals surface area contributed by atoms with Gasteiger partial charge in [0.05, 0.1) is 29.5 Å². The Bertz CT molecular complexity index is 1110. The van der Waals surface area contributed by atoms with Crippen LogP contribution in [0.15, 0.2) is 41.1 Å². The van der Waals surface area contributed by atoms with Crippen molar-refractivity contribution < 1.29 is 14.6 Å². The lowest BCUT2D eigenvalue weighted by molar-refractivity contribution is 0.0336. The molecule has 1 aromatic carbocycles. The molecule has 25 heavy (non-hydrogen) atoms. The standard InChI is InChI=1S/C19H17N3O3/c1-10-8-16-12(5-7-25-16)18(24)17(10)13-9-11-4-6-22(19(11)21-20-13)14-2-3-15(14)23/h4-9,14-15,23-24H,2-3H2,1H3/t14-,15-/m1/s1. The number of phenolic OH excluding ortho intramolecular Hbond substituents is 1. The Morgan fingerprint density at radius 3 is 2.84 bits per heavy atom. The van der Waals surface area contributed by atoms with E-state index in [0.717, 1.165) is 29.4 Å². The summed E-state index contributed by atoms with van der Waals surface area (Å²) < 4.78 is 7.37. The lowest BCUT2D eigenvalue weighted by Gasteiger charge is -2.33. The van der Waals surface area contributed by atoms with Gasteiger partial charge in [-0.25, -0.2) is 0 Å². The summed E-state index contributed by atoms with van der Waals surface area (Å²) in [5.74, 6) is 0.159. The van der Waals surface area contributed by atoms with E-state index < -0.39 is 0 Å². The van der Waals surface area contributed by atoms with Crippen LogP contribution < -0.4 is 0 Å². The Hall–Kier alpha value is -2.86. The number of hydrogen-bond donors (Lipinski definition) is 2. The van der Waals surface area contributed by atoms with Crippen molar-refractivity contribution in [2.24, 2.45) is 0 Å². The molecule has 0 spiro atoms. The van der Waals surface area contributed by atoms with Crippen molar-refractivity contribution in [1.82, 2.24) is 14.8 Å². The molecule has 3 heterocycles. The number of aryl methyl sites for hydroxylation is 1. The quantitative estimate of drug-likeness (QED) is 0.585. The molecule has 6 nitrogen and oxygen atoms in total. The zero-order valence-electron chi connectivity index (χ0n) is 13.7. The number of aliphatic hydroxyl groups is 1. The van der Waals surface area contributed by atoms with Crippen molar-refractivity contribution in [2.75, 3.05) is 0 Å². The molecule has 2 N–H and O–H groups in total. The molecule has 0 aliphatic heterocycles. The summed E-state index contributed by atoms with van der Waals surface area (Å²) in [6.07, 6.45) is 4.97. The van der Waals surface area contributed by atoms with Gasteiger partial charge in [0.1, 0.15) is 11.3 Å².